The van der Waals surface area contributed by atoms with Crippen molar-refractivity contribution in [2.75, 3.05) is 6.61 Å². The van der Waals surface area contributed by atoms with Crippen LogP contribution in [0, 0.1) is 0 Å². The molecule has 1 atom stereocenters. The van der Waals surface area contributed by atoms with Gasteiger partial charge in [0, 0.05) is 10.5 Å². The van der Waals surface area contributed by atoms with Crippen LogP contribution in [0.2, 0.25) is 0 Å². The van der Waals surface area contributed by atoms with Gasteiger partial charge in [-0.05, 0) is 25.0 Å². The molecular weight excluding hydrogens is 270 g/mol. The minimum Gasteiger partial charge on any atom is -0.466 e. The molecule has 0 amide bonds. The Balaban J connectivity index is 2.48. The van der Waals surface area contributed by atoms with Gasteiger partial charge in [-0.1, -0.05) is 34.1 Å². The lowest BCUT2D eigenvalue weighted by Gasteiger charge is -2.11. The maximum atomic E-state index is 11.2. The lowest BCUT2D eigenvalue weighted by atomic mass is 10.0. The summed E-state index contributed by atoms with van der Waals surface area (Å²) in [4.78, 5) is 11.2. The highest BCUT2D eigenvalue weighted by atomic mass is 79.9. The summed E-state index contributed by atoms with van der Waals surface area (Å²) in [6.45, 7) is 2.19. The normalized spacial score (nSPS) is 12.2. The molecule has 0 aliphatic carbocycles. The molecule has 0 spiro atoms. The van der Waals surface area contributed by atoms with Gasteiger partial charge in [0.15, 0.2) is 0 Å². The second-order valence-corrected chi connectivity index (χ2v) is 4.42. The molecule has 0 heterocycles. The highest BCUT2D eigenvalue weighted by molar-refractivity contribution is 9.10. The molecule has 1 aromatic carbocycles. The lowest BCUT2D eigenvalue weighted by molar-refractivity contribution is -0.143. The number of esters is 1. The van der Waals surface area contributed by atoms with Gasteiger partial charge in [0.1, 0.15) is 0 Å². The first kappa shape index (κ1) is 13.2. The van der Waals surface area contributed by atoms with Crippen molar-refractivity contribution in [3.63, 3.8) is 0 Å². The van der Waals surface area contributed by atoms with E-state index in [1.165, 1.54) is 0 Å². The molecule has 0 saturated carbocycles. The van der Waals surface area contributed by atoms with Crippen LogP contribution in [0.5, 0.6) is 0 Å². The van der Waals surface area contributed by atoms with Crippen LogP contribution in [-0.2, 0) is 16.0 Å². The molecule has 0 aliphatic rings. The zero-order chi connectivity index (χ0) is 12.0. The van der Waals surface area contributed by atoms with Crippen LogP contribution >= 0.6 is 15.9 Å². The summed E-state index contributed by atoms with van der Waals surface area (Å²) in [5.41, 5.74) is 6.99. The third kappa shape index (κ3) is 4.33. The van der Waals surface area contributed by atoms with Gasteiger partial charge in [-0.3, -0.25) is 4.79 Å². The van der Waals surface area contributed by atoms with E-state index >= 15 is 0 Å². The molecule has 1 aromatic rings. The van der Waals surface area contributed by atoms with Crippen molar-refractivity contribution in [2.24, 2.45) is 5.73 Å². The summed E-state index contributed by atoms with van der Waals surface area (Å²) in [7, 11) is 0. The van der Waals surface area contributed by atoms with Gasteiger partial charge in [0.05, 0.1) is 13.0 Å². The van der Waals surface area contributed by atoms with Gasteiger partial charge in [-0.2, -0.15) is 0 Å². The second-order valence-electron chi connectivity index (χ2n) is 3.56. The summed E-state index contributed by atoms with van der Waals surface area (Å²) in [6.07, 6.45) is 0.926. The fourth-order valence-electron chi connectivity index (χ4n) is 1.45. The van der Waals surface area contributed by atoms with E-state index in [2.05, 4.69) is 15.9 Å². The van der Waals surface area contributed by atoms with E-state index in [-0.39, 0.29) is 18.4 Å². The Morgan fingerprint density at radius 2 is 2.19 bits per heavy atom. The number of hydrogen-bond donors (Lipinski definition) is 1. The van der Waals surface area contributed by atoms with E-state index in [0.29, 0.717) is 13.0 Å². The predicted octanol–water partition coefficient (Wildman–Crippen LogP) is 2.27. The lowest BCUT2D eigenvalue weighted by Crippen LogP contribution is -2.27. The van der Waals surface area contributed by atoms with Crippen LogP contribution in [0.1, 0.15) is 18.9 Å². The summed E-state index contributed by atoms with van der Waals surface area (Å²) in [5, 5.41) is 0. The standard InChI is InChI=1S/C12H16BrNO2/c1-2-16-12(15)8-10(14)7-9-5-3-4-6-11(9)13/h3-6,10H,2,7-8,14H2,1H3/t10-/m0/s1. The molecule has 0 radical (unpaired) electrons. The Labute approximate surface area is 104 Å². The Bertz CT molecular complexity index is 355. The van der Waals surface area contributed by atoms with Crippen LogP contribution in [0.3, 0.4) is 0 Å². The van der Waals surface area contributed by atoms with Gasteiger partial charge in [-0.15, -0.1) is 0 Å². The van der Waals surface area contributed by atoms with E-state index in [1.54, 1.807) is 6.92 Å². The van der Waals surface area contributed by atoms with Crippen molar-refractivity contribution in [2.45, 2.75) is 25.8 Å². The highest BCUT2D eigenvalue weighted by Gasteiger charge is 2.12. The Morgan fingerprint density at radius 3 is 2.81 bits per heavy atom. The van der Waals surface area contributed by atoms with Crippen LogP contribution < -0.4 is 5.73 Å². The fraction of sp³-hybridized carbons (Fsp3) is 0.417. The summed E-state index contributed by atoms with van der Waals surface area (Å²) >= 11 is 3.45. The van der Waals surface area contributed by atoms with E-state index in [9.17, 15) is 4.79 Å². The first-order valence-corrected chi connectivity index (χ1v) is 6.07. The predicted molar refractivity (Wildman–Crippen MR) is 67.1 cm³/mol. The molecule has 3 nitrogen and oxygen atoms in total. The monoisotopic (exact) mass is 285 g/mol. The summed E-state index contributed by atoms with van der Waals surface area (Å²) < 4.78 is 5.87. The Kier molecular flexibility index (Phi) is 5.49. The fourth-order valence-corrected chi connectivity index (χ4v) is 1.90. The Morgan fingerprint density at radius 1 is 1.50 bits per heavy atom. The Hall–Kier alpha value is -0.870. The van der Waals surface area contributed by atoms with Crippen molar-refractivity contribution in [3.05, 3.63) is 34.3 Å². The molecule has 16 heavy (non-hydrogen) atoms. The van der Waals surface area contributed by atoms with Crippen molar-refractivity contribution in [1.82, 2.24) is 0 Å². The van der Waals surface area contributed by atoms with E-state index in [0.717, 1.165) is 10.0 Å². The van der Waals surface area contributed by atoms with Crippen molar-refractivity contribution < 1.29 is 9.53 Å². The molecule has 0 aliphatic heterocycles. The third-order valence-corrected chi connectivity index (χ3v) is 2.95. The average molecular weight is 286 g/mol. The minimum atomic E-state index is -0.234. The number of halogens is 1. The molecule has 4 heteroatoms. The third-order valence-electron chi connectivity index (χ3n) is 2.17. The second kappa shape index (κ2) is 6.66. The molecular formula is C12H16BrNO2. The van der Waals surface area contributed by atoms with Gasteiger partial charge in [0.2, 0.25) is 0 Å². The zero-order valence-corrected chi connectivity index (χ0v) is 10.9. The quantitative estimate of drug-likeness (QED) is 0.845. The number of carbonyl (C=O) groups is 1. The smallest absolute Gasteiger partial charge is 0.307 e. The number of carbonyl (C=O) groups excluding carboxylic acids is 1. The van der Waals surface area contributed by atoms with Crippen LogP contribution in [0.25, 0.3) is 0 Å². The van der Waals surface area contributed by atoms with Gasteiger partial charge >= 0.3 is 5.97 Å². The van der Waals surface area contributed by atoms with Gasteiger partial charge < -0.3 is 10.5 Å². The zero-order valence-electron chi connectivity index (χ0n) is 9.28. The van der Waals surface area contributed by atoms with Crippen molar-refractivity contribution >= 4 is 21.9 Å². The highest BCUT2D eigenvalue weighted by Crippen LogP contribution is 2.17. The first-order valence-electron chi connectivity index (χ1n) is 5.28. The van der Waals surface area contributed by atoms with Crippen LogP contribution in [-0.4, -0.2) is 18.6 Å². The largest absolute Gasteiger partial charge is 0.466 e. The van der Waals surface area contributed by atoms with Crippen molar-refractivity contribution in [1.29, 1.82) is 0 Å². The SMILES string of the molecule is CCOC(=O)C[C@@H](N)Cc1ccccc1Br. The number of ether oxygens (including phenoxy) is 1. The van der Waals surface area contributed by atoms with Gasteiger partial charge in [-0.25, -0.2) is 0 Å². The van der Waals surface area contributed by atoms with Crippen LogP contribution in [0.4, 0.5) is 0 Å². The maximum absolute atomic E-state index is 11.2. The van der Waals surface area contributed by atoms with Crippen molar-refractivity contribution in [3.8, 4) is 0 Å². The molecule has 88 valence electrons. The molecule has 0 aromatic heterocycles. The summed E-state index contributed by atoms with van der Waals surface area (Å²) in [5.74, 6) is -0.234. The first-order chi connectivity index (χ1) is 7.63. The molecule has 0 bridgehead atoms. The van der Waals surface area contributed by atoms with Crippen LogP contribution in [0.15, 0.2) is 28.7 Å². The van der Waals surface area contributed by atoms with E-state index in [1.807, 2.05) is 24.3 Å². The number of hydrogen-bond acceptors (Lipinski definition) is 3. The molecule has 2 N–H and O–H groups in total. The number of nitrogens with two attached hydrogens (primary N) is 1. The average Bonchev–Trinajstić information content (AvgIpc) is 2.21. The molecule has 0 fully saturated rings. The van der Waals surface area contributed by atoms with Gasteiger partial charge in [0.25, 0.3) is 0 Å². The minimum absolute atomic E-state index is 0.197. The molecule has 1 rings (SSSR count). The maximum Gasteiger partial charge on any atom is 0.307 e. The number of benzene rings is 1. The van der Waals surface area contributed by atoms with E-state index < -0.39 is 0 Å². The molecule has 0 unspecified atom stereocenters. The summed E-state index contributed by atoms with van der Waals surface area (Å²) in [6, 6.07) is 7.67. The van der Waals surface area contributed by atoms with E-state index in [4.69, 9.17) is 10.5 Å². The number of rotatable bonds is 5. The topological polar surface area (TPSA) is 52.3 Å². The molecule has 0 saturated heterocycles.